The van der Waals surface area contributed by atoms with Crippen molar-refractivity contribution in [3.05, 3.63) is 82.9 Å². The van der Waals surface area contributed by atoms with Crippen LogP contribution in [0.15, 0.2) is 77.7 Å². The number of anilines is 3. The van der Waals surface area contributed by atoms with Gasteiger partial charge in [-0.3, -0.25) is 14.8 Å². The van der Waals surface area contributed by atoms with Crippen LogP contribution in [0, 0.1) is 10.1 Å². The lowest BCUT2D eigenvalue weighted by atomic mass is 10.3. The van der Waals surface area contributed by atoms with Crippen LogP contribution in [0.5, 0.6) is 5.75 Å². The number of urea groups is 1. The Labute approximate surface area is 178 Å². The van der Waals surface area contributed by atoms with Gasteiger partial charge >= 0.3 is 6.03 Å². The van der Waals surface area contributed by atoms with Crippen molar-refractivity contribution < 1.29 is 22.9 Å². The van der Waals surface area contributed by atoms with Crippen molar-refractivity contribution in [3.8, 4) is 5.75 Å². The zero-order valence-electron chi connectivity index (χ0n) is 16.2. The molecule has 0 fully saturated rings. The zero-order valence-corrected chi connectivity index (χ0v) is 17.0. The summed E-state index contributed by atoms with van der Waals surface area (Å²) < 4.78 is 33.0. The fraction of sp³-hybridized carbons (Fsp3) is 0.0500. The van der Waals surface area contributed by atoms with Crippen LogP contribution in [0.25, 0.3) is 0 Å². The Kier molecular flexibility index (Phi) is 6.36. The highest BCUT2D eigenvalue weighted by Crippen LogP contribution is 2.30. The Balaban J connectivity index is 1.79. The van der Waals surface area contributed by atoms with Crippen LogP contribution < -0.4 is 20.1 Å². The number of ether oxygens (including phenoxy) is 1. The van der Waals surface area contributed by atoms with E-state index in [1.165, 1.54) is 25.3 Å². The molecule has 0 aromatic heterocycles. The second-order valence-electron chi connectivity index (χ2n) is 6.22. The van der Waals surface area contributed by atoms with Crippen LogP contribution in [-0.4, -0.2) is 26.5 Å². The van der Waals surface area contributed by atoms with Gasteiger partial charge in [-0.05, 0) is 36.4 Å². The number of hydrogen-bond donors (Lipinski definition) is 3. The van der Waals surface area contributed by atoms with Crippen molar-refractivity contribution in [1.29, 1.82) is 0 Å². The van der Waals surface area contributed by atoms with E-state index in [9.17, 15) is 23.3 Å². The van der Waals surface area contributed by atoms with Crippen molar-refractivity contribution in [1.82, 2.24) is 0 Å². The summed E-state index contributed by atoms with van der Waals surface area (Å²) in [6.07, 6.45) is 0. The second kappa shape index (κ2) is 9.13. The van der Waals surface area contributed by atoms with E-state index in [1.54, 1.807) is 36.4 Å². The van der Waals surface area contributed by atoms with Crippen LogP contribution in [0.3, 0.4) is 0 Å². The Morgan fingerprint density at radius 1 is 0.903 bits per heavy atom. The number of non-ortho nitro benzene ring substituents is 1. The summed E-state index contributed by atoms with van der Waals surface area (Å²) in [4.78, 5) is 22.1. The Bertz CT molecular complexity index is 1220. The summed E-state index contributed by atoms with van der Waals surface area (Å²) >= 11 is 0. The van der Waals surface area contributed by atoms with Gasteiger partial charge < -0.3 is 15.4 Å². The molecule has 2 amide bonds. The monoisotopic (exact) mass is 442 g/mol. The molecule has 0 bridgehead atoms. The molecule has 3 aromatic rings. The minimum atomic E-state index is -4.21. The van der Waals surface area contributed by atoms with E-state index in [-0.39, 0.29) is 16.3 Å². The number of methoxy groups -OCH3 is 1. The highest BCUT2D eigenvalue weighted by molar-refractivity contribution is 7.92. The lowest BCUT2D eigenvalue weighted by Crippen LogP contribution is -2.19. The number of nitrogens with zero attached hydrogens (tertiary/aromatic N) is 1. The molecule has 0 aliphatic rings. The Morgan fingerprint density at radius 3 is 2.23 bits per heavy atom. The molecule has 0 radical (unpaired) electrons. The van der Waals surface area contributed by atoms with Gasteiger partial charge in [0.15, 0.2) is 0 Å². The predicted molar refractivity (Wildman–Crippen MR) is 116 cm³/mol. The Morgan fingerprint density at radius 2 is 1.55 bits per heavy atom. The standard InChI is InChI=1S/C20H18N4O6S/c1-30-18-11-10-17(24(26)27)13-19(18)31(28,29)23-16-9-5-8-15(12-16)22-20(25)21-14-6-3-2-4-7-14/h2-13,23H,1H3,(H2,21,22,25). The molecule has 0 saturated carbocycles. The summed E-state index contributed by atoms with van der Waals surface area (Å²) in [6, 6.07) is 17.6. The Hall–Kier alpha value is -4.12. The zero-order chi connectivity index (χ0) is 22.4. The molecule has 31 heavy (non-hydrogen) atoms. The maximum absolute atomic E-state index is 12.8. The second-order valence-corrected chi connectivity index (χ2v) is 7.87. The van der Waals surface area contributed by atoms with E-state index in [0.29, 0.717) is 11.4 Å². The third-order valence-corrected chi connectivity index (χ3v) is 5.45. The van der Waals surface area contributed by atoms with Gasteiger partial charge in [0, 0.05) is 23.5 Å². The van der Waals surface area contributed by atoms with Gasteiger partial charge in [0.25, 0.3) is 15.7 Å². The molecule has 3 N–H and O–H groups in total. The third-order valence-electron chi connectivity index (χ3n) is 4.05. The van der Waals surface area contributed by atoms with Crippen LogP contribution in [0.2, 0.25) is 0 Å². The summed E-state index contributed by atoms with van der Waals surface area (Å²) in [7, 11) is -2.95. The summed E-state index contributed by atoms with van der Waals surface area (Å²) in [5, 5.41) is 16.3. The number of nitro groups is 1. The summed E-state index contributed by atoms with van der Waals surface area (Å²) in [6.45, 7) is 0. The molecule has 0 aliphatic heterocycles. The first-order valence-corrected chi connectivity index (χ1v) is 10.4. The molecule has 10 nitrogen and oxygen atoms in total. The molecule has 3 aromatic carbocycles. The average Bonchev–Trinajstić information content (AvgIpc) is 2.73. The number of sulfonamides is 1. The lowest BCUT2D eigenvalue weighted by molar-refractivity contribution is -0.385. The van der Waals surface area contributed by atoms with E-state index in [0.717, 1.165) is 12.1 Å². The number of amides is 2. The molecule has 160 valence electrons. The molecular formula is C20H18N4O6S. The van der Waals surface area contributed by atoms with Gasteiger partial charge in [0.2, 0.25) is 0 Å². The molecule has 11 heteroatoms. The largest absolute Gasteiger partial charge is 0.495 e. The number of carbonyl (C=O) groups excluding carboxylic acids is 1. The van der Waals surface area contributed by atoms with Gasteiger partial charge in [-0.2, -0.15) is 0 Å². The number of nitrogens with one attached hydrogen (secondary N) is 3. The van der Waals surface area contributed by atoms with E-state index in [2.05, 4.69) is 15.4 Å². The highest BCUT2D eigenvalue weighted by atomic mass is 32.2. The first kappa shape index (κ1) is 21.6. The third kappa shape index (κ3) is 5.48. The van der Waals surface area contributed by atoms with Gasteiger partial charge in [-0.25, -0.2) is 13.2 Å². The predicted octanol–water partition coefficient (Wildman–Crippen LogP) is 4.05. The summed E-state index contributed by atoms with van der Waals surface area (Å²) in [5.41, 5.74) is 0.675. The van der Waals surface area contributed by atoms with Crippen LogP contribution in [0.1, 0.15) is 0 Å². The van der Waals surface area contributed by atoms with Gasteiger partial charge in [0.1, 0.15) is 10.6 Å². The van der Waals surface area contributed by atoms with Crippen molar-refractivity contribution in [2.45, 2.75) is 4.90 Å². The van der Waals surface area contributed by atoms with Crippen molar-refractivity contribution in [2.75, 3.05) is 22.5 Å². The smallest absolute Gasteiger partial charge is 0.323 e. The van der Waals surface area contributed by atoms with Crippen molar-refractivity contribution >= 4 is 38.8 Å². The normalized spacial score (nSPS) is 10.7. The number of para-hydroxylation sites is 1. The van der Waals surface area contributed by atoms with E-state index >= 15 is 0 Å². The minimum absolute atomic E-state index is 0.0466. The highest BCUT2D eigenvalue weighted by Gasteiger charge is 2.23. The molecular weight excluding hydrogens is 424 g/mol. The number of rotatable bonds is 7. The van der Waals surface area contributed by atoms with Crippen LogP contribution >= 0.6 is 0 Å². The average molecular weight is 442 g/mol. The molecule has 0 unspecified atom stereocenters. The van der Waals surface area contributed by atoms with Gasteiger partial charge in [0.05, 0.1) is 17.7 Å². The van der Waals surface area contributed by atoms with E-state index in [4.69, 9.17) is 4.74 Å². The number of carbonyl (C=O) groups is 1. The molecule has 0 saturated heterocycles. The molecule has 3 rings (SSSR count). The van der Waals surface area contributed by atoms with E-state index < -0.39 is 26.7 Å². The molecule has 0 spiro atoms. The van der Waals surface area contributed by atoms with E-state index in [1.807, 2.05) is 6.07 Å². The number of benzene rings is 3. The lowest BCUT2D eigenvalue weighted by Gasteiger charge is -2.13. The van der Waals surface area contributed by atoms with Gasteiger partial charge in [-0.1, -0.05) is 24.3 Å². The van der Waals surface area contributed by atoms with Crippen molar-refractivity contribution in [3.63, 3.8) is 0 Å². The van der Waals surface area contributed by atoms with Crippen LogP contribution in [0.4, 0.5) is 27.5 Å². The fourth-order valence-corrected chi connectivity index (χ4v) is 3.91. The molecule has 0 heterocycles. The van der Waals surface area contributed by atoms with Crippen LogP contribution in [-0.2, 0) is 10.0 Å². The SMILES string of the molecule is COc1ccc([N+](=O)[O-])cc1S(=O)(=O)Nc1cccc(NC(=O)Nc2ccccc2)c1. The number of hydrogen-bond acceptors (Lipinski definition) is 6. The summed E-state index contributed by atoms with van der Waals surface area (Å²) in [5.74, 6) is -0.0466. The quantitative estimate of drug-likeness (QED) is 0.373. The first-order chi connectivity index (χ1) is 14.8. The fourth-order valence-electron chi connectivity index (χ4n) is 2.67. The van der Waals surface area contributed by atoms with Crippen molar-refractivity contribution in [2.24, 2.45) is 0 Å². The minimum Gasteiger partial charge on any atom is -0.495 e. The number of nitro benzene ring substituents is 1. The first-order valence-electron chi connectivity index (χ1n) is 8.87. The van der Waals surface area contributed by atoms with Gasteiger partial charge in [-0.15, -0.1) is 0 Å². The molecule has 0 aliphatic carbocycles. The molecule has 0 atom stereocenters. The topological polar surface area (TPSA) is 140 Å². The maximum atomic E-state index is 12.8. The maximum Gasteiger partial charge on any atom is 0.323 e.